The van der Waals surface area contributed by atoms with Gasteiger partial charge in [-0.05, 0) is 43.3 Å². The first kappa shape index (κ1) is 19.5. The third kappa shape index (κ3) is 4.11. The molecule has 1 unspecified atom stereocenters. The molecule has 1 atom stereocenters. The summed E-state index contributed by atoms with van der Waals surface area (Å²) in [5.41, 5.74) is 1.85. The largest absolute Gasteiger partial charge is 0.371 e. The minimum absolute atomic E-state index is 0.178. The number of para-hydroxylation sites is 1. The van der Waals surface area contributed by atoms with Crippen molar-refractivity contribution >= 4 is 44.0 Å². The van der Waals surface area contributed by atoms with E-state index < -0.39 is 10.8 Å². The number of anilines is 2. The smallest absolute Gasteiger partial charge is 0.293 e. The van der Waals surface area contributed by atoms with Crippen LogP contribution in [0.4, 0.5) is 16.5 Å². The number of rotatable bonds is 6. The van der Waals surface area contributed by atoms with Crippen LogP contribution in [0.3, 0.4) is 0 Å². The topological polar surface area (TPSA) is 110 Å². The lowest BCUT2D eigenvalue weighted by molar-refractivity contribution is -0.384. The highest BCUT2D eigenvalue weighted by Crippen LogP contribution is 2.30. The molecular formula is C21H17N5O3S. The normalized spacial score (nSPS) is 11.8. The molecule has 8 nitrogen and oxygen atoms in total. The highest BCUT2D eigenvalue weighted by Gasteiger charge is 2.20. The summed E-state index contributed by atoms with van der Waals surface area (Å²) in [4.78, 5) is 32.3. The number of carbonyl (C=O) groups is 1. The van der Waals surface area contributed by atoms with Crippen molar-refractivity contribution in [2.45, 2.75) is 13.0 Å². The highest BCUT2D eigenvalue weighted by molar-refractivity contribution is 7.22. The van der Waals surface area contributed by atoms with Crippen LogP contribution in [-0.4, -0.2) is 20.8 Å². The zero-order chi connectivity index (χ0) is 21.1. The summed E-state index contributed by atoms with van der Waals surface area (Å²) in [6, 6.07) is 17.1. The van der Waals surface area contributed by atoms with E-state index in [4.69, 9.17) is 0 Å². The molecule has 0 aliphatic carbocycles. The summed E-state index contributed by atoms with van der Waals surface area (Å²) >= 11 is 1.34. The Kier molecular flexibility index (Phi) is 5.36. The van der Waals surface area contributed by atoms with E-state index in [0.717, 1.165) is 15.9 Å². The van der Waals surface area contributed by atoms with Gasteiger partial charge >= 0.3 is 0 Å². The lowest BCUT2D eigenvalue weighted by Crippen LogP contribution is -2.13. The quantitative estimate of drug-likeness (QED) is 0.335. The van der Waals surface area contributed by atoms with Crippen LogP contribution in [0, 0.1) is 10.1 Å². The number of amides is 1. The second kappa shape index (κ2) is 8.26. The van der Waals surface area contributed by atoms with Crippen molar-refractivity contribution in [2.75, 3.05) is 10.6 Å². The maximum absolute atomic E-state index is 12.6. The molecule has 0 aliphatic heterocycles. The number of pyridine rings is 1. The summed E-state index contributed by atoms with van der Waals surface area (Å²) < 4.78 is 0.946. The van der Waals surface area contributed by atoms with Gasteiger partial charge in [-0.2, -0.15) is 0 Å². The highest BCUT2D eigenvalue weighted by atomic mass is 32.1. The number of fused-ring (bicyclic) bond motifs is 1. The first-order valence-electron chi connectivity index (χ1n) is 9.14. The van der Waals surface area contributed by atoms with E-state index in [0.29, 0.717) is 10.8 Å². The number of carbonyl (C=O) groups excluding carboxylic acids is 1. The van der Waals surface area contributed by atoms with Crippen LogP contribution in [0.25, 0.3) is 10.2 Å². The van der Waals surface area contributed by atoms with Gasteiger partial charge in [0, 0.05) is 17.8 Å². The summed E-state index contributed by atoms with van der Waals surface area (Å²) in [6.07, 6.45) is 1.66. The van der Waals surface area contributed by atoms with E-state index in [1.165, 1.54) is 23.5 Å². The van der Waals surface area contributed by atoms with E-state index in [2.05, 4.69) is 20.6 Å². The van der Waals surface area contributed by atoms with Gasteiger partial charge in [0.1, 0.15) is 5.69 Å². The van der Waals surface area contributed by atoms with Crippen LogP contribution in [0.15, 0.2) is 66.9 Å². The minimum Gasteiger partial charge on any atom is -0.371 e. The number of nitrogens with zero attached hydrogens (tertiary/aromatic N) is 3. The molecule has 150 valence electrons. The molecule has 0 saturated heterocycles. The maximum Gasteiger partial charge on any atom is 0.293 e. The molecule has 2 heterocycles. The molecule has 4 rings (SSSR count). The van der Waals surface area contributed by atoms with Gasteiger partial charge in [-0.15, -0.1) is 0 Å². The minimum atomic E-state index is -0.512. The van der Waals surface area contributed by atoms with Crippen molar-refractivity contribution in [1.29, 1.82) is 0 Å². The number of hydrogen-bond acceptors (Lipinski definition) is 7. The molecule has 0 radical (unpaired) electrons. The fourth-order valence-electron chi connectivity index (χ4n) is 2.98. The van der Waals surface area contributed by atoms with Crippen molar-refractivity contribution in [1.82, 2.24) is 9.97 Å². The van der Waals surface area contributed by atoms with Crippen molar-refractivity contribution in [3.63, 3.8) is 0 Å². The third-order valence-electron chi connectivity index (χ3n) is 4.47. The fraction of sp³-hybridized carbons (Fsp3) is 0.0952. The molecule has 9 heteroatoms. The molecular weight excluding hydrogens is 402 g/mol. The van der Waals surface area contributed by atoms with Crippen molar-refractivity contribution in [3.05, 3.63) is 88.2 Å². The lowest BCUT2D eigenvalue weighted by atomic mass is 10.1. The molecule has 0 fully saturated rings. The number of hydrogen-bond donors (Lipinski definition) is 2. The van der Waals surface area contributed by atoms with E-state index in [1.807, 2.05) is 43.3 Å². The van der Waals surface area contributed by atoms with Gasteiger partial charge in [0.25, 0.3) is 11.6 Å². The van der Waals surface area contributed by atoms with E-state index in [9.17, 15) is 14.9 Å². The van der Waals surface area contributed by atoms with Crippen molar-refractivity contribution < 1.29 is 9.72 Å². The van der Waals surface area contributed by atoms with Gasteiger partial charge in [-0.3, -0.25) is 25.2 Å². The average molecular weight is 419 g/mol. The van der Waals surface area contributed by atoms with Gasteiger partial charge in [-0.25, -0.2) is 4.98 Å². The average Bonchev–Trinajstić information content (AvgIpc) is 3.16. The first-order valence-corrected chi connectivity index (χ1v) is 9.96. The van der Waals surface area contributed by atoms with Crippen LogP contribution >= 0.6 is 11.3 Å². The molecule has 2 aromatic carbocycles. The molecule has 2 aromatic heterocycles. The van der Waals surface area contributed by atoms with E-state index in [1.54, 1.807) is 18.3 Å². The molecule has 0 aliphatic rings. The Morgan fingerprint density at radius 2 is 1.93 bits per heavy atom. The fourth-order valence-corrected chi connectivity index (χ4v) is 3.84. The van der Waals surface area contributed by atoms with Gasteiger partial charge in [0.05, 0.1) is 26.9 Å². The summed E-state index contributed by atoms with van der Waals surface area (Å²) in [5.74, 6) is -0.457. The standard InChI is InChI=1S/C21H17N5O3S/c1-13(15-6-4-5-11-22-15)23-16-10-9-14(12-18(16)26(28)29)20(27)25-21-24-17-7-2-3-8-19(17)30-21/h2-13,23H,1H3,(H,24,25,27). The number of benzene rings is 2. The zero-order valence-electron chi connectivity index (χ0n) is 15.9. The second-order valence-electron chi connectivity index (χ2n) is 6.55. The van der Waals surface area contributed by atoms with E-state index >= 15 is 0 Å². The molecule has 0 saturated carbocycles. The molecule has 1 amide bonds. The second-order valence-corrected chi connectivity index (χ2v) is 7.58. The molecule has 4 aromatic rings. The summed E-state index contributed by atoms with van der Waals surface area (Å²) in [7, 11) is 0. The summed E-state index contributed by atoms with van der Waals surface area (Å²) in [6.45, 7) is 1.86. The summed E-state index contributed by atoms with van der Waals surface area (Å²) in [5, 5.41) is 17.8. The van der Waals surface area contributed by atoms with Gasteiger partial charge in [0.15, 0.2) is 5.13 Å². The van der Waals surface area contributed by atoms with Crippen LogP contribution in [-0.2, 0) is 0 Å². The van der Waals surface area contributed by atoms with Gasteiger partial charge in [-0.1, -0.05) is 29.5 Å². The first-order chi connectivity index (χ1) is 14.5. The van der Waals surface area contributed by atoms with E-state index in [-0.39, 0.29) is 17.3 Å². The number of nitro groups is 1. The molecule has 0 spiro atoms. The van der Waals surface area contributed by atoms with Crippen molar-refractivity contribution in [3.8, 4) is 0 Å². The zero-order valence-corrected chi connectivity index (χ0v) is 16.7. The van der Waals surface area contributed by atoms with Crippen LogP contribution in [0.2, 0.25) is 0 Å². The Morgan fingerprint density at radius 3 is 2.67 bits per heavy atom. The van der Waals surface area contributed by atoms with Gasteiger partial charge < -0.3 is 5.32 Å². The number of nitro benzene ring substituents is 1. The molecule has 0 bridgehead atoms. The lowest BCUT2D eigenvalue weighted by Gasteiger charge is -2.15. The number of aromatic nitrogens is 2. The number of nitrogens with one attached hydrogen (secondary N) is 2. The SMILES string of the molecule is CC(Nc1ccc(C(=O)Nc2nc3ccccc3s2)cc1[N+](=O)[O-])c1ccccn1. The Balaban J connectivity index is 1.56. The third-order valence-corrected chi connectivity index (χ3v) is 5.43. The predicted octanol–water partition coefficient (Wildman–Crippen LogP) is 5.02. The van der Waals surface area contributed by atoms with Crippen molar-refractivity contribution in [2.24, 2.45) is 0 Å². The maximum atomic E-state index is 12.6. The molecule has 30 heavy (non-hydrogen) atoms. The van der Waals surface area contributed by atoms with Crippen LogP contribution in [0.5, 0.6) is 0 Å². The molecule has 2 N–H and O–H groups in total. The Labute approximate surface area is 175 Å². The Hall–Kier alpha value is -3.85. The van der Waals surface area contributed by atoms with Gasteiger partial charge in [0.2, 0.25) is 0 Å². The Bertz CT molecular complexity index is 1190. The van der Waals surface area contributed by atoms with Crippen LogP contribution < -0.4 is 10.6 Å². The Morgan fingerprint density at radius 1 is 1.13 bits per heavy atom. The monoisotopic (exact) mass is 419 g/mol. The van der Waals surface area contributed by atoms with Crippen LogP contribution in [0.1, 0.15) is 29.0 Å². The predicted molar refractivity (Wildman–Crippen MR) is 117 cm³/mol. The number of thiazole rings is 1.